The Bertz CT molecular complexity index is 736. The molecule has 1 unspecified atom stereocenters. The lowest BCUT2D eigenvalue weighted by atomic mass is 10.2. The maximum Gasteiger partial charge on any atom is 0.238 e. The van der Waals surface area contributed by atoms with Crippen LogP contribution in [-0.4, -0.2) is 46.0 Å². The third-order valence-electron chi connectivity index (χ3n) is 3.91. The van der Waals surface area contributed by atoms with Crippen LogP contribution in [0.5, 0.6) is 0 Å². The second-order valence-electron chi connectivity index (χ2n) is 6.21. The topological polar surface area (TPSA) is 101 Å². The summed E-state index contributed by atoms with van der Waals surface area (Å²) < 4.78 is 4.93. The van der Waals surface area contributed by atoms with Gasteiger partial charge >= 0.3 is 0 Å². The Morgan fingerprint density at radius 2 is 2.07 bits per heavy atom. The van der Waals surface area contributed by atoms with E-state index in [0.29, 0.717) is 31.2 Å². The van der Waals surface area contributed by atoms with Crippen LogP contribution in [-0.2, 0) is 16.1 Å². The number of carbonyl (C=O) groups excluding carboxylic acids is 2. The first-order valence-electron chi connectivity index (χ1n) is 8.87. The summed E-state index contributed by atoms with van der Waals surface area (Å²) in [5.74, 6) is 1.01. The van der Waals surface area contributed by atoms with Crippen LogP contribution in [0, 0.1) is 6.92 Å². The normalized spacial score (nSPS) is 11.8. The standard InChI is InChI=1S/C19H26N4O3S/c1-14-11-17(22-26-14)21-19(25)15(2)27-13-18(24)23(10-6-9-20)12-16-7-4-3-5-8-16/h3-5,7-8,11,15H,6,9-10,12-13,20H2,1-2H3,(H,21,22,25). The monoisotopic (exact) mass is 390 g/mol. The molecule has 27 heavy (non-hydrogen) atoms. The maximum absolute atomic E-state index is 12.6. The average molecular weight is 391 g/mol. The lowest BCUT2D eigenvalue weighted by Gasteiger charge is -2.23. The van der Waals surface area contributed by atoms with Gasteiger partial charge in [-0.2, -0.15) is 0 Å². The number of rotatable bonds is 10. The summed E-state index contributed by atoms with van der Waals surface area (Å²) in [7, 11) is 0. The quantitative estimate of drug-likeness (QED) is 0.646. The van der Waals surface area contributed by atoms with Crippen LogP contribution in [0.15, 0.2) is 40.9 Å². The highest BCUT2D eigenvalue weighted by atomic mass is 32.2. The van der Waals surface area contributed by atoms with E-state index in [9.17, 15) is 9.59 Å². The fraction of sp³-hybridized carbons (Fsp3) is 0.421. The molecule has 2 rings (SSSR count). The number of anilines is 1. The van der Waals surface area contributed by atoms with E-state index in [4.69, 9.17) is 10.3 Å². The van der Waals surface area contributed by atoms with E-state index in [2.05, 4.69) is 10.5 Å². The molecule has 146 valence electrons. The molecule has 0 fully saturated rings. The van der Waals surface area contributed by atoms with E-state index >= 15 is 0 Å². The van der Waals surface area contributed by atoms with Crippen LogP contribution >= 0.6 is 11.8 Å². The third-order valence-corrected chi connectivity index (χ3v) is 5.03. The zero-order chi connectivity index (χ0) is 19.6. The number of nitrogens with zero attached hydrogens (tertiary/aromatic N) is 2. The summed E-state index contributed by atoms with van der Waals surface area (Å²) >= 11 is 1.30. The Morgan fingerprint density at radius 3 is 2.70 bits per heavy atom. The maximum atomic E-state index is 12.6. The second kappa shape index (κ2) is 10.7. The molecule has 2 aromatic rings. The Labute approximate surface area is 163 Å². The SMILES string of the molecule is Cc1cc(NC(=O)C(C)SCC(=O)N(CCCN)Cc2ccccc2)no1. The summed E-state index contributed by atoms with van der Waals surface area (Å²) in [6.07, 6.45) is 0.741. The zero-order valence-electron chi connectivity index (χ0n) is 15.7. The summed E-state index contributed by atoms with van der Waals surface area (Å²) in [6, 6.07) is 11.5. The van der Waals surface area contributed by atoms with Crippen molar-refractivity contribution in [1.82, 2.24) is 10.1 Å². The van der Waals surface area contributed by atoms with Crippen molar-refractivity contribution >= 4 is 29.4 Å². The molecule has 0 aliphatic carbocycles. The van der Waals surface area contributed by atoms with Gasteiger partial charge in [-0.25, -0.2) is 0 Å². The molecule has 0 bridgehead atoms. The largest absolute Gasteiger partial charge is 0.360 e. The Hall–Kier alpha value is -2.32. The number of benzene rings is 1. The molecule has 3 N–H and O–H groups in total. The molecule has 1 atom stereocenters. The number of hydrogen-bond acceptors (Lipinski definition) is 6. The van der Waals surface area contributed by atoms with Crippen molar-refractivity contribution in [3.8, 4) is 0 Å². The van der Waals surface area contributed by atoms with E-state index in [1.54, 1.807) is 24.8 Å². The van der Waals surface area contributed by atoms with E-state index in [1.165, 1.54) is 11.8 Å². The molecule has 0 saturated carbocycles. The molecule has 1 heterocycles. The van der Waals surface area contributed by atoms with Gasteiger partial charge in [0.25, 0.3) is 0 Å². The van der Waals surface area contributed by atoms with Crippen LogP contribution in [0.2, 0.25) is 0 Å². The molecular formula is C19H26N4O3S. The molecule has 1 aromatic carbocycles. The van der Waals surface area contributed by atoms with Crippen molar-refractivity contribution in [2.45, 2.75) is 32.1 Å². The Morgan fingerprint density at radius 1 is 1.33 bits per heavy atom. The summed E-state index contributed by atoms with van der Waals surface area (Å²) in [6.45, 7) is 5.19. The fourth-order valence-electron chi connectivity index (χ4n) is 2.39. The van der Waals surface area contributed by atoms with Gasteiger partial charge in [0, 0.05) is 19.2 Å². The lowest BCUT2D eigenvalue weighted by molar-refractivity contribution is -0.129. The van der Waals surface area contributed by atoms with E-state index in [1.807, 2.05) is 30.3 Å². The molecular weight excluding hydrogens is 364 g/mol. The molecule has 7 nitrogen and oxygen atoms in total. The number of thioether (sulfide) groups is 1. The smallest absolute Gasteiger partial charge is 0.238 e. The molecule has 0 aliphatic rings. The van der Waals surface area contributed by atoms with Crippen molar-refractivity contribution < 1.29 is 14.1 Å². The molecule has 1 aromatic heterocycles. The highest BCUT2D eigenvalue weighted by Gasteiger charge is 2.19. The minimum absolute atomic E-state index is 0.00534. The summed E-state index contributed by atoms with van der Waals surface area (Å²) in [4.78, 5) is 26.7. The number of nitrogens with one attached hydrogen (secondary N) is 1. The van der Waals surface area contributed by atoms with Crippen LogP contribution in [0.3, 0.4) is 0 Å². The first kappa shape index (κ1) is 21.0. The first-order valence-corrected chi connectivity index (χ1v) is 9.92. The summed E-state index contributed by atoms with van der Waals surface area (Å²) in [5.41, 5.74) is 6.67. The van der Waals surface area contributed by atoms with Crippen LogP contribution in [0.4, 0.5) is 5.82 Å². The van der Waals surface area contributed by atoms with Crippen molar-refractivity contribution in [2.24, 2.45) is 5.73 Å². The molecule has 8 heteroatoms. The number of aromatic nitrogens is 1. The van der Waals surface area contributed by atoms with Gasteiger partial charge in [0.05, 0.1) is 11.0 Å². The second-order valence-corrected chi connectivity index (χ2v) is 7.54. The number of nitrogens with two attached hydrogens (primary N) is 1. The first-order chi connectivity index (χ1) is 13.0. The molecule has 0 radical (unpaired) electrons. The van der Waals surface area contributed by atoms with Crippen molar-refractivity contribution in [2.75, 3.05) is 24.2 Å². The van der Waals surface area contributed by atoms with Crippen molar-refractivity contribution in [1.29, 1.82) is 0 Å². The molecule has 0 spiro atoms. The van der Waals surface area contributed by atoms with E-state index in [0.717, 1.165) is 12.0 Å². The van der Waals surface area contributed by atoms with Crippen molar-refractivity contribution in [3.05, 3.63) is 47.7 Å². The molecule has 2 amide bonds. The Balaban J connectivity index is 1.86. The van der Waals surface area contributed by atoms with Gasteiger partial charge in [0.1, 0.15) is 5.76 Å². The van der Waals surface area contributed by atoms with Crippen LogP contribution in [0.25, 0.3) is 0 Å². The van der Waals surface area contributed by atoms with Gasteiger partial charge in [-0.3, -0.25) is 9.59 Å². The van der Waals surface area contributed by atoms with Gasteiger partial charge in [-0.15, -0.1) is 11.8 Å². The number of amides is 2. The Kier molecular flexibility index (Phi) is 8.35. The molecule has 0 saturated heterocycles. The predicted octanol–water partition coefficient (Wildman–Crippen LogP) is 2.42. The van der Waals surface area contributed by atoms with Crippen LogP contribution in [0.1, 0.15) is 24.7 Å². The van der Waals surface area contributed by atoms with Gasteiger partial charge in [-0.05, 0) is 32.4 Å². The van der Waals surface area contributed by atoms with Crippen molar-refractivity contribution in [3.63, 3.8) is 0 Å². The van der Waals surface area contributed by atoms with Gasteiger partial charge in [0.2, 0.25) is 11.8 Å². The van der Waals surface area contributed by atoms with Crippen LogP contribution < -0.4 is 11.1 Å². The minimum Gasteiger partial charge on any atom is -0.360 e. The summed E-state index contributed by atoms with van der Waals surface area (Å²) in [5, 5.41) is 6.03. The van der Waals surface area contributed by atoms with Gasteiger partial charge in [-0.1, -0.05) is 35.5 Å². The highest BCUT2D eigenvalue weighted by Crippen LogP contribution is 2.16. The minimum atomic E-state index is -0.390. The number of hydrogen-bond donors (Lipinski definition) is 2. The fourth-order valence-corrected chi connectivity index (χ4v) is 3.18. The average Bonchev–Trinajstić information content (AvgIpc) is 3.08. The third kappa shape index (κ3) is 7.07. The molecule has 0 aliphatic heterocycles. The highest BCUT2D eigenvalue weighted by molar-refractivity contribution is 8.01. The van der Waals surface area contributed by atoms with E-state index < -0.39 is 0 Å². The van der Waals surface area contributed by atoms with Gasteiger partial charge in [0.15, 0.2) is 5.82 Å². The zero-order valence-corrected chi connectivity index (χ0v) is 16.5. The predicted molar refractivity (Wildman–Crippen MR) is 107 cm³/mol. The van der Waals surface area contributed by atoms with E-state index in [-0.39, 0.29) is 22.8 Å². The lowest BCUT2D eigenvalue weighted by Crippen LogP contribution is -2.35. The van der Waals surface area contributed by atoms with Gasteiger partial charge < -0.3 is 20.5 Å². The number of aryl methyl sites for hydroxylation is 1. The number of carbonyl (C=O) groups is 2.